The number of nitrogens with one attached hydrogen (secondary N) is 2. The molecule has 2 aromatic carbocycles. The van der Waals surface area contributed by atoms with Gasteiger partial charge in [0.1, 0.15) is 5.70 Å². The van der Waals surface area contributed by atoms with Gasteiger partial charge >= 0.3 is 0 Å². The van der Waals surface area contributed by atoms with Gasteiger partial charge < -0.3 is 10.6 Å². The summed E-state index contributed by atoms with van der Waals surface area (Å²) in [4.78, 5) is 24.1. The van der Waals surface area contributed by atoms with E-state index in [4.69, 9.17) is 0 Å². The maximum Gasteiger partial charge on any atom is 0.268 e. The van der Waals surface area contributed by atoms with Crippen molar-refractivity contribution in [1.29, 1.82) is 0 Å². The number of carbonyl (C=O) groups excluding carboxylic acids is 2. The zero-order valence-corrected chi connectivity index (χ0v) is 14.7. The van der Waals surface area contributed by atoms with Crippen LogP contribution in [0.2, 0.25) is 0 Å². The third-order valence-corrected chi connectivity index (χ3v) is 3.82. The van der Waals surface area contributed by atoms with Gasteiger partial charge in [0, 0.05) is 13.0 Å². The highest BCUT2D eigenvalue weighted by molar-refractivity contribution is 6.01. The van der Waals surface area contributed by atoms with E-state index in [1.54, 1.807) is 6.08 Å². The molecule has 0 aliphatic heterocycles. The van der Waals surface area contributed by atoms with Gasteiger partial charge in [0.15, 0.2) is 0 Å². The van der Waals surface area contributed by atoms with Crippen LogP contribution in [-0.2, 0) is 16.0 Å². The molecule has 0 aromatic heterocycles. The van der Waals surface area contributed by atoms with E-state index in [0.717, 1.165) is 18.4 Å². The first-order valence-electron chi connectivity index (χ1n) is 8.47. The van der Waals surface area contributed by atoms with Crippen molar-refractivity contribution in [2.75, 3.05) is 0 Å². The molecule has 4 heteroatoms. The number of hydrogen-bond donors (Lipinski definition) is 2. The number of carbonyl (C=O) groups is 2. The van der Waals surface area contributed by atoms with Gasteiger partial charge in [0.2, 0.25) is 5.91 Å². The summed E-state index contributed by atoms with van der Waals surface area (Å²) in [7, 11) is 0. The van der Waals surface area contributed by atoms with Crippen LogP contribution in [0, 0.1) is 0 Å². The first kappa shape index (κ1) is 18.5. The minimum absolute atomic E-state index is 0.00262. The van der Waals surface area contributed by atoms with Crippen LogP contribution in [0.4, 0.5) is 0 Å². The third-order valence-electron chi connectivity index (χ3n) is 3.82. The molecule has 25 heavy (non-hydrogen) atoms. The molecule has 0 aliphatic rings. The smallest absolute Gasteiger partial charge is 0.268 e. The highest BCUT2D eigenvalue weighted by Crippen LogP contribution is 2.09. The second kappa shape index (κ2) is 9.42. The van der Waals surface area contributed by atoms with Crippen LogP contribution in [-0.4, -0.2) is 17.9 Å². The van der Waals surface area contributed by atoms with E-state index in [2.05, 4.69) is 10.6 Å². The number of benzene rings is 2. The Bertz CT molecular complexity index is 724. The van der Waals surface area contributed by atoms with Crippen molar-refractivity contribution in [2.45, 2.75) is 32.7 Å². The van der Waals surface area contributed by atoms with Gasteiger partial charge in [0.05, 0.1) is 0 Å². The van der Waals surface area contributed by atoms with E-state index in [9.17, 15) is 9.59 Å². The van der Waals surface area contributed by atoms with Crippen molar-refractivity contribution in [3.8, 4) is 0 Å². The Labute approximate surface area is 149 Å². The number of amides is 2. The highest BCUT2D eigenvalue weighted by atomic mass is 16.2. The van der Waals surface area contributed by atoms with Crippen LogP contribution in [0.1, 0.15) is 31.4 Å². The predicted octanol–water partition coefficient (Wildman–Crippen LogP) is 3.30. The fourth-order valence-corrected chi connectivity index (χ4v) is 2.52. The number of rotatable bonds is 7. The molecule has 0 fully saturated rings. The Morgan fingerprint density at radius 3 is 2.16 bits per heavy atom. The molecule has 4 nitrogen and oxygen atoms in total. The van der Waals surface area contributed by atoms with Crippen LogP contribution in [0.5, 0.6) is 0 Å². The van der Waals surface area contributed by atoms with Crippen LogP contribution < -0.4 is 10.6 Å². The lowest BCUT2D eigenvalue weighted by atomic mass is 10.0. The Morgan fingerprint density at radius 2 is 1.60 bits per heavy atom. The standard InChI is InChI=1S/C21H24N2O2/c1-3-19(14-17-10-6-4-7-11-17)23-21(25)20(22-16(2)24)15-18-12-8-5-9-13-18/h4-13,15,19H,3,14H2,1-2H3,(H,22,24)(H,23,25). The molecule has 0 radical (unpaired) electrons. The molecule has 1 atom stereocenters. The van der Waals surface area contributed by atoms with Crippen molar-refractivity contribution in [3.63, 3.8) is 0 Å². The molecule has 0 bridgehead atoms. The van der Waals surface area contributed by atoms with E-state index in [1.165, 1.54) is 12.5 Å². The van der Waals surface area contributed by atoms with Crippen molar-refractivity contribution in [2.24, 2.45) is 0 Å². The lowest BCUT2D eigenvalue weighted by Gasteiger charge is -2.18. The molecular weight excluding hydrogens is 312 g/mol. The van der Waals surface area contributed by atoms with Gasteiger partial charge in [-0.05, 0) is 30.0 Å². The van der Waals surface area contributed by atoms with Crippen molar-refractivity contribution >= 4 is 17.9 Å². The van der Waals surface area contributed by atoms with Crippen molar-refractivity contribution < 1.29 is 9.59 Å². The number of hydrogen-bond acceptors (Lipinski definition) is 2. The van der Waals surface area contributed by atoms with E-state index in [1.807, 2.05) is 67.6 Å². The van der Waals surface area contributed by atoms with Crippen molar-refractivity contribution in [3.05, 3.63) is 77.5 Å². The largest absolute Gasteiger partial charge is 0.348 e. The second-order valence-electron chi connectivity index (χ2n) is 5.92. The molecule has 0 saturated heterocycles. The van der Waals surface area contributed by atoms with Crippen molar-refractivity contribution in [1.82, 2.24) is 10.6 Å². The Morgan fingerprint density at radius 1 is 1.00 bits per heavy atom. The predicted molar refractivity (Wildman–Crippen MR) is 101 cm³/mol. The quantitative estimate of drug-likeness (QED) is 0.762. The maximum absolute atomic E-state index is 12.6. The highest BCUT2D eigenvalue weighted by Gasteiger charge is 2.16. The monoisotopic (exact) mass is 336 g/mol. The summed E-state index contributed by atoms with van der Waals surface area (Å²) in [5.74, 6) is -0.546. The molecule has 2 aromatic rings. The molecular formula is C21H24N2O2. The summed E-state index contributed by atoms with van der Waals surface area (Å²) < 4.78 is 0. The summed E-state index contributed by atoms with van der Waals surface area (Å²) >= 11 is 0. The summed E-state index contributed by atoms with van der Waals surface area (Å²) in [6.07, 6.45) is 3.24. The van der Waals surface area contributed by atoms with Gasteiger partial charge in [-0.3, -0.25) is 9.59 Å². The Balaban J connectivity index is 2.12. The van der Waals surface area contributed by atoms with Crippen LogP contribution in [0.3, 0.4) is 0 Å². The summed E-state index contributed by atoms with van der Waals surface area (Å²) in [6.45, 7) is 3.43. The molecule has 0 saturated carbocycles. The van der Waals surface area contributed by atoms with Gasteiger partial charge in [-0.15, -0.1) is 0 Å². The SMILES string of the molecule is CCC(Cc1ccccc1)NC(=O)C(=Cc1ccccc1)NC(C)=O. The van der Waals surface area contributed by atoms with Gasteiger partial charge in [-0.25, -0.2) is 0 Å². The van der Waals surface area contributed by atoms with E-state index >= 15 is 0 Å². The van der Waals surface area contributed by atoms with E-state index < -0.39 is 0 Å². The molecule has 2 rings (SSSR count). The first-order chi connectivity index (χ1) is 12.1. The van der Waals surface area contributed by atoms with Crippen LogP contribution in [0.15, 0.2) is 66.4 Å². The van der Waals surface area contributed by atoms with Crippen LogP contribution >= 0.6 is 0 Å². The molecule has 0 spiro atoms. The summed E-state index contributed by atoms with van der Waals surface area (Å²) in [6, 6.07) is 19.5. The average molecular weight is 336 g/mol. The average Bonchev–Trinajstić information content (AvgIpc) is 2.62. The minimum atomic E-state index is -0.276. The van der Waals surface area contributed by atoms with E-state index in [-0.39, 0.29) is 23.6 Å². The molecule has 1 unspecified atom stereocenters. The molecule has 2 N–H and O–H groups in total. The molecule has 2 amide bonds. The lowest BCUT2D eigenvalue weighted by molar-refractivity contribution is -0.122. The normalized spacial score (nSPS) is 12.3. The second-order valence-corrected chi connectivity index (χ2v) is 5.92. The zero-order valence-electron chi connectivity index (χ0n) is 14.7. The Kier molecular flexibility index (Phi) is 6.96. The van der Waals surface area contributed by atoms with Gasteiger partial charge in [-0.2, -0.15) is 0 Å². The summed E-state index contributed by atoms with van der Waals surface area (Å²) in [5.41, 5.74) is 2.28. The topological polar surface area (TPSA) is 58.2 Å². The van der Waals surface area contributed by atoms with Gasteiger partial charge in [-0.1, -0.05) is 67.6 Å². The molecule has 0 heterocycles. The fourth-order valence-electron chi connectivity index (χ4n) is 2.52. The third kappa shape index (κ3) is 6.26. The lowest BCUT2D eigenvalue weighted by Crippen LogP contribution is -2.40. The maximum atomic E-state index is 12.6. The fraction of sp³-hybridized carbons (Fsp3) is 0.238. The Hall–Kier alpha value is -2.88. The zero-order chi connectivity index (χ0) is 18.1. The molecule has 130 valence electrons. The first-order valence-corrected chi connectivity index (χ1v) is 8.47. The minimum Gasteiger partial charge on any atom is -0.348 e. The summed E-state index contributed by atoms with van der Waals surface area (Å²) in [5, 5.41) is 5.65. The molecule has 0 aliphatic carbocycles. The van der Waals surface area contributed by atoms with Gasteiger partial charge in [0.25, 0.3) is 5.91 Å². The van der Waals surface area contributed by atoms with E-state index in [0.29, 0.717) is 0 Å². The van der Waals surface area contributed by atoms with Crippen LogP contribution in [0.25, 0.3) is 6.08 Å².